The van der Waals surface area contributed by atoms with Gasteiger partial charge in [0.2, 0.25) is 47.3 Å². The molecule has 0 heterocycles. The molecular formula is C40H49N9O12. The molecule has 3 aromatic carbocycles. The van der Waals surface area contributed by atoms with Crippen LogP contribution in [0.5, 0.6) is 11.5 Å². The van der Waals surface area contributed by atoms with Crippen LogP contribution in [-0.4, -0.2) is 105 Å². The number of benzene rings is 3. The number of hydrogen-bond acceptors (Lipinski definition) is 12. The van der Waals surface area contributed by atoms with Gasteiger partial charge in [-0.05, 0) is 53.8 Å². The first-order valence-electron chi connectivity index (χ1n) is 18.8. The summed E-state index contributed by atoms with van der Waals surface area (Å²) in [4.78, 5) is 115. The molecule has 21 heteroatoms. The predicted octanol–water partition coefficient (Wildman–Crippen LogP) is -3.02. The number of phenols is 2. The van der Waals surface area contributed by atoms with Crippen molar-refractivity contribution in [3.8, 4) is 11.5 Å². The second-order valence-electron chi connectivity index (χ2n) is 14.0. The molecule has 6 atom stereocenters. The van der Waals surface area contributed by atoms with E-state index in [2.05, 4.69) is 26.6 Å². The molecule has 326 valence electrons. The van der Waals surface area contributed by atoms with Crippen LogP contribution in [0.15, 0.2) is 78.9 Å². The highest BCUT2D eigenvalue weighted by Crippen LogP contribution is 2.14. The number of nitrogens with two attached hydrogens (primary N) is 4. The maximum absolute atomic E-state index is 14.2. The molecule has 0 saturated carbocycles. The van der Waals surface area contributed by atoms with Crippen LogP contribution in [0.4, 0.5) is 0 Å². The number of amides is 8. The molecule has 0 aliphatic rings. The smallest absolute Gasteiger partial charge is 0.326 e. The summed E-state index contributed by atoms with van der Waals surface area (Å²) in [5, 5.41) is 40.8. The Morgan fingerprint density at radius 3 is 1.23 bits per heavy atom. The van der Waals surface area contributed by atoms with Crippen LogP contribution in [0.2, 0.25) is 0 Å². The number of aromatic hydroxyl groups is 2. The number of carboxylic acid groups (broad SMARTS) is 1. The maximum Gasteiger partial charge on any atom is 0.326 e. The summed E-state index contributed by atoms with van der Waals surface area (Å²) < 4.78 is 0. The van der Waals surface area contributed by atoms with Gasteiger partial charge in [0.15, 0.2) is 0 Å². The molecule has 0 bridgehead atoms. The zero-order valence-electron chi connectivity index (χ0n) is 32.7. The lowest BCUT2D eigenvalue weighted by Crippen LogP contribution is -2.60. The van der Waals surface area contributed by atoms with E-state index in [0.717, 1.165) is 0 Å². The second kappa shape index (κ2) is 23.1. The lowest BCUT2D eigenvalue weighted by atomic mass is 10.0. The number of aliphatic carboxylic acids is 1. The summed E-state index contributed by atoms with van der Waals surface area (Å²) in [6.07, 6.45) is -2.87. The van der Waals surface area contributed by atoms with Crippen molar-refractivity contribution in [1.82, 2.24) is 26.6 Å². The fourth-order valence-corrected chi connectivity index (χ4v) is 5.85. The van der Waals surface area contributed by atoms with Crippen LogP contribution in [0.3, 0.4) is 0 Å². The second-order valence-corrected chi connectivity index (χ2v) is 14.0. The number of nitrogens with one attached hydrogen (secondary N) is 5. The van der Waals surface area contributed by atoms with E-state index in [9.17, 15) is 58.5 Å². The molecule has 3 rings (SSSR count). The normalized spacial score (nSPS) is 13.7. The van der Waals surface area contributed by atoms with Gasteiger partial charge in [0, 0.05) is 19.3 Å². The van der Waals surface area contributed by atoms with Gasteiger partial charge < -0.3 is 64.8 Å². The first-order valence-corrected chi connectivity index (χ1v) is 18.8. The molecule has 0 radical (unpaired) electrons. The topological polar surface area (TPSA) is 379 Å². The van der Waals surface area contributed by atoms with E-state index in [4.69, 9.17) is 22.9 Å². The van der Waals surface area contributed by atoms with Gasteiger partial charge in [-0.25, -0.2) is 4.79 Å². The highest BCUT2D eigenvalue weighted by atomic mass is 16.4. The molecule has 16 N–H and O–H groups in total. The maximum atomic E-state index is 14.2. The average molecular weight is 848 g/mol. The lowest BCUT2D eigenvalue weighted by Gasteiger charge is -2.27. The number of carboxylic acids is 1. The largest absolute Gasteiger partial charge is 0.508 e. The van der Waals surface area contributed by atoms with Gasteiger partial charge in [0.25, 0.3) is 0 Å². The van der Waals surface area contributed by atoms with Gasteiger partial charge >= 0.3 is 5.97 Å². The molecule has 21 nitrogen and oxygen atoms in total. The Morgan fingerprint density at radius 1 is 0.459 bits per heavy atom. The summed E-state index contributed by atoms with van der Waals surface area (Å²) in [6.45, 7) is 0. The first-order chi connectivity index (χ1) is 28.8. The average Bonchev–Trinajstić information content (AvgIpc) is 3.19. The number of hydrogen-bond donors (Lipinski definition) is 12. The molecule has 0 spiro atoms. The van der Waals surface area contributed by atoms with Crippen LogP contribution in [0.25, 0.3) is 0 Å². The molecule has 0 fully saturated rings. The zero-order chi connectivity index (χ0) is 45.2. The van der Waals surface area contributed by atoms with E-state index in [1.165, 1.54) is 48.5 Å². The van der Waals surface area contributed by atoms with Gasteiger partial charge in [0.1, 0.15) is 41.7 Å². The summed E-state index contributed by atoms with van der Waals surface area (Å²) >= 11 is 0. The summed E-state index contributed by atoms with van der Waals surface area (Å²) in [6, 6.07) is 10.2. The van der Waals surface area contributed by atoms with Crippen molar-refractivity contribution in [2.45, 2.75) is 81.2 Å². The minimum absolute atomic E-state index is 0.0154. The van der Waals surface area contributed by atoms with E-state index in [1.54, 1.807) is 30.3 Å². The van der Waals surface area contributed by atoms with Gasteiger partial charge in [-0.1, -0.05) is 54.6 Å². The number of rotatable bonds is 24. The fourth-order valence-electron chi connectivity index (χ4n) is 5.85. The van der Waals surface area contributed by atoms with E-state index < -0.39 is 115 Å². The molecule has 0 aromatic heterocycles. The first kappa shape index (κ1) is 47.8. The van der Waals surface area contributed by atoms with Crippen molar-refractivity contribution in [3.05, 3.63) is 95.6 Å². The van der Waals surface area contributed by atoms with Crippen molar-refractivity contribution >= 4 is 53.2 Å². The number of carbonyl (C=O) groups is 9. The van der Waals surface area contributed by atoms with E-state index in [1.807, 2.05) is 0 Å². The molecular weight excluding hydrogens is 798 g/mol. The van der Waals surface area contributed by atoms with Gasteiger partial charge in [0.05, 0.1) is 18.9 Å². The Hall–Kier alpha value is -7.55. The van der Waals surface area contributed by atoms with Crippen molar-refractivity contribution in [1.29, 1.82) is 0 Å². The van der Waals surface area contributed by atoms with Crippen LogP contribution >= 0.6 is 0 Å². The predicted molar refractivity (Wildman–Crippen MR) is 215 cm³/mol. The zero-order valence-corrected chi connectivity index (χ0v) is 32.7. The molecule has 0 saturated heterocycles. The van der Waals surface area contributed by atoms with Crippen molar-refractivity contribution < 1.29 is 58.5 Å². The molecule has 61 heavy (non-hydrogen) atoms. The van der Waals surface area contributed by atoms with Crippen molar-refractivity contribution in [2.75, 3.05) is 0 Å². The van der Waals surface area contributed by atoms with E-state index in [0.29, 0.717) is 16.7 Å². The van der Waals surface area contributed by atoms with Crippen LogP contribution in [-0.2, 0) is 62.4 Å². The summed E-state index contributed by atoms with van der Waals surface area (Å²) in [5.74, 6) is -9.66. The highest BCUT2D eigenvalue weighted by Gasteiger charge is 2.34. The number of phenolic OH excluding ortho intramolecular Hbond substituents is 2. The summed E-state index contributed by atoms with van der Waals surface area (Å²) in [5.41, 5.74) is 23.4. The van der Waals surface area contributed by atoms with Crippen LogP contribution < -0.4 is 49.5 Å². The highest BCUT2D eigenvalue weighted by molar-refractivity contribution is 5.98. The molecule has 0 unspecified atom stereocenters. The minimum Gasteiger partial charge on any atom is -0.508 e. The Balaban J connectivity index is 1.92. The minimum atomic E-state index is -1.76. The van der Waals surface area contributed by atoms with Crippen molar-refractivity contribution in [3.63, 3.8) is 0 Å². The Kier molecular flexibility index (Phi) is 18.1. The molecule has 8 amide bonds. The lowest BCUT2D eigenvalue weighted by molar-refractivity contribution is -0.142. The quantitative estimate of drug-likeness (QED) is 0.0428. The molecule has 0 aliphatic heterocycles. The Labute approximate surface area is 349 Å². The molecule has 0 aliphatic carbocycles. The van der Waals surface area contributed by atoms with Gasteiger partial charge in [-0.15, -0.1) is 0 Å². The fraction of sp³-hybridized carbons (Fsp3) is 0.325. The molecule has 3 aromatic rings. The van der Waals surface area contributed by atoms with E-state index >= 15 is 0 Å². The van der Waals surface area contributed by atoms with E-state index in [-0.39, 0.29) is 30.8 Å². The Morgan fingerprint density at radius 2 is 0.820 bits per heavy atom. The number of primary amides is 3. The van der Waals surface area contributed by atoms with Gasteiger partial charge in [-0.2, -0.15) is 0 Å². The van der Waals surface area contributed by atoms with Gasteiger partial charge in [-0.3, -0.25) is 38.4 Å². The standard InChI is InChI=1S/C40H49N9O12/c41-26(16-22-6-10-24(50)11-7-22)35(55)46-30(19-33(43)53)39(59)48-29(18-23-8-12-25(51)13-9-23)36(56)47-28(17-21-4-2-1-3-5-21)37(57)49-31(20-34(44)54)38(58)45-27(40(60)61)14-15-32(42)52/h1-13,26-31,50-51H,14-20,41H2,(H2,42,52)(H2,43,53)(H2,44,54)(H,45,58)(H,46,55)(H,47,56)(H,48,59)(H,49,57)(H,60,61)/t26-,27-,28-,29-,30-,31-/m0/s1. The third-order valence-electron chi connectivity index (χ3n) is 9.02. The Bertz CT molecular complexity index is 2050. The SMILES string of the molecule is NC(=O)CC[C@H](NC(=O)[C@H](CC(N)=O)NC(=O)[C@H](Cc1ccccc1)NC(=O)[C@H](Cc1ccc(O)cc1)NC(=O)[C@H](CC(N)=O)NC(=O)[C@@H](N)Cc1ccc(O)cc1)C(=O)O. The monoisotopic (exact) mass is 847 g/mol. The third kappa shape index (κ3) is 16.7. The van der Waals surface area contributed by atoms with Crippen LogP contribution in [0, 0.1) is 0 Å². The summed E-state index contributed by atoms with van der Waals surface area (Å²) in [7, 11) is 0. The van der Waals surface area contributed by atoms with Crippen molar-refractivity contribution in [2.24, 2.45) is 22.9 Å². The third-order valence-corrected chi connectivity index (χ3v) is 9.02. The number of carbonyl (C=O) groups excluding carboxylic acids is 8. The van der Waals surface area contributed by atoms with Crippen LogP contribution in [0.1, 0.15) is 42.4 Å².